The van der Waals surface area contributed by atoms with Crippen LogP contribution in [-0.4, -0.2) is 59.0 Å². The molecule has 0 spiro atoms. The summed E-state index contributed by atoms with van der Waals surface area (Å²) >= 11 is 0. The summed E-state index contributed by atoms with van der Waals surface area (Å²) in [6, 6.07) is 4.83. The molecule has 0 bridgehead atoms. The fraction of sp³-hybridized carbons (Fsp3) is 0.524. The Balaban J connectivity index is 2.58. The molecule has 172 valence electrons. The number of guanidine groups is 1. The summed E-state index contributed by atoms with van der Waals surface area (Å²) in [5.41, 5.74) is 11.3. The quantitative estimate of drug-likeness (QED) is 0.105. The number of carbonyl (C=O) groups excluding carboxylic acids is 3. The number of aliphatic hydroxyl groups is 1. The lowest BCUT2D eigenvalue weighted by Gasteiger charge is -2.24. The molecule has 0 saturated carbocycles. The number of nitrogens with two attached hydrogens (primary N) is 2. The highest BCUT2D eigenvalue weighted by atomic mass is 16.3. The highest BCUT2D eigenvalue weighted by molar-refractivity contribution is 5.90. The highest BCUT2D eigenvalue weighted by Gasteiger charge is 2.28. The van der Waals surface area contributed by atoms with Gasteiger partial charge in [-0.15, -0.1) is 0 Å². The van der Waals surface area contributed by atoms with Crippen molar-refractivity contribution in [3.8, 4) is 5.75 Å². The number of aliphatic imine (C=N–C) groups is 1. The predicted octanol–water partition coefficient (Wildman–Crippen LogP) is -0.436. The van der Waals surface area contributed by atoms with E-state index in [4.69, 9.17) is 11.5 Å². The van der Waals surface area contributed by atoms with Gasteiger partial charge in [0.05, 0.1) is 6.04 Å². The Hall–Kier alpha value is -3.14. The molecule has 1 aromatic rings. The normalized spacial score (nSPS) is 13.7. The number of benzene rings is 1. The number of hydrogen-bond acceptors (Lipinski definition) is 6. The van der Waals surface area contributed by atoms with Gasteiger partial charge in [0.25, 0.3) is 0 Å². The van der Waals surface area contributed by atoms with Crippen LogP contribution in [0.15, 0.2) is 29.3 Å². The van der Waals surface area contributed by atoms with Gasteiger partial charge in [-0.05, 0) is 49.3 Å². The van der Waals surface area contributed by atoms with Crippen molar-refractivity contribution < 1.29 is 24.6 Å². The van der Waals surface area contributed by atoms with Crippen LogP contribution in [0.1, 0.15) is 38.7 Å². The van der Waals surface area contributed by atoms with Gasteiger partial charge in [0.1, 0.15) is 24.2 Å². The fourth-order valence-electron chi connectivity index (χ4n) is 2.85. The van der Waals surface area contributed by atoms with E-state index in [1.54, 1.807) is 26.0 Å². The average Bonchev–Trinajstić information content (AvgIpc) is 2.72. The van der Waals surface area contributed by atoms with Crippen molar-refractivity contribution in [1.29, 1.82) is 0 Å². The SMILES string of the molecule is CC(C)[C@H](NC(=O)[C@@H](O)CCc1ccc(O)cc1)C(=O)N[C@H](C=O)CCCN=C(N)N. The van der Waals surface area contributed by atoms with Gasteiger partial charge < -0.3 is 37.1 Å². The van der Waals surface area contributed by atoms with Crippen LogP contribution in [-0.2, 0) is 20.8 Å². The molecule has 0 heterocycles. The zero-order valence-electron chi connectivity index (χ0n) is 18.0. The zero-order chi connectivity index (χ0) is 23.4. The van der Waals surface area contributed by atoms with E-state index < -0.39 is 30.0 Å². The number of hydrogen-bond donors (Lipinski definition) is 6. The molecule has 10 nitrogen and oxygen atoms in total. The average molecular weight is 436 g/mol. The van der Waals surface area contributed by atoms with Crippen molar-refractivity contribution in [1.82, 2.24) is 10.6 Å². The van der Waals surface area contributed by atoms with Crippen LogP contribution in [0.2, 0.25) is 0 Å². The van der Waals surface area contributed by atoms with Crippen LogP contribution in [0.25, 0.3) is 0 Å². The third kappa shape index (κ3) is 9.94. The van der Waals surface area contributed by atoms with Crippen LogP contribution < -0.4 is 22.1 Å². The maximum absolute atomic E-state index is 12.6. The topological polar surface area (TPSA) is 180 Å². The monoisotopic (exact) mass is 435 g/mol. The van der Waals surface area contributed by atoms with Gasteiger partial charge in [-0.3, -0.25) is 14.6 Å². The molecule has 1 aromatic carbocycles. The van der Waals surface area contributed by atoms with E-state index in [2.05, 4.69) is 15.6 Å². The lowest BCUT2D eigenvalue weighted by atomic mass is 10.0. The van der Waals surface area contributed by atoms with E-state index in [9.17, 15) is 24.6 Å². The van der Waals surface area contributed by atoms with Crippen molar-refractivity contribution in [3.05, 3.63) is 29.8 Å². The van der Waals surface area contributed by atoms with Crippen molar-refractivity contribution in [2.24, 2.45) is 22.4 Å². The first-order chi connectivity index (χ1) is 14.6. The van der Waals surface area contributed by atoms with Crippen LogP contribution in [0.3, 0.4) is 0 Å². The Kier molecular flexibility index (Phi) is 11.0. The molecule has 1 rings (SSSR count). The largest absolute Gasteiger partial charge is 0.508 e. The van der Waals surface area contributed by atoms with E-state index in [-0.39, 0.29) is 24.0 Å². The zero-order valence-corrected chi connectivity index (χ0v) is 18.0. The molecule has 0 radical (unpaired) electrons. The fourth-order valence-corrected chi connectivity index (χ4v) is 2.85. The number of nitrogens with one attached hydrogen (secondary N) is 2. The molecular weight excluding hydrogens is 402 g/mol. The highest BCUT2D eigenvalue weighted by Crippen LogP contribution is 2.12. The molecule has 3 atom stereocenters. The van der Waals surface area contributed by atoms with E-state index in [1.807, 2.05) is 0 Å². The summed E-state index contributed by atoms with van der Waals surface area (Å²) in [4.78, 5) is 40.1. The Bertz CT molecular complexity index is 747. The summed E-state index contributed by atoms with van der Waals surface area (Å²) in [6.07, 6.45) is 0.751. The van der Waals surface area contributed by atoms with Gasteiger partial charge >= 0.3 is 0 Å². The van der Waals surface area contributed by atoms with Gasteiger partial charge in [0.15, 0.2) is 5.96 Å². The van der Waals surface area contributed by atoms with E-state index in [0.717, 1.165) is 5.56 Å². The number of aldehydes is 1. The molecule has 0 aliphatic heterocycles. The smallest absolute Gasteiger partial charge is 0.249 e. The first-order valence-electron chi connectivity index (χ1n) is 10.2. The van der Waals surface area contributed by atoms with E-state index in [1.165, 1.54) is 12.1 Å². The molecule has 31 heavy (non-hydrogen) atoms. The lowest BCUT2D eigenvalue weighted by Crippen LogP contribution is -2.54. The summed E-state index contributed by atoms with van der Waals surface area (Å²) < 4.78 is 0. The van der Waals surface area contributed by atoms with Gasteiger partial charge in [-0.2, -0.15) is 0 Å². The van der Waals surface area contributed by atoms with Crippen LogP contribution >= 0.6 is 0 Å². The van der Waals surface area contributed by atoms with Gasteiger partial charge in [-0.1, -0.05) is 26.0 Å². The standard InChI is InChI=1S/C21H33N5O5/c1-13(2)18(20(31)25-15(12-27)4-3-11-24-21(22)23)26-19(30)17(29)10-7-14-5-8-16(28)9-6-14/h5-6,8-9,12-13,15,17-18,28-29H,3-4,7,10-11H2,1-2H3,(H,25,31)(H,26,30)(H4,22,23,24)/t15-,17-,18-/m0/s1. The van der Waals surface area contributed by atoms with Crippen molar-refractivity contribution in [2.75, 3.05) is 6.54 Å². The lowest BCUT2D eigenvalue weighted by molar-refractivity contribution is -0.135. The minimum atomic E-state index is -1.30. The first kappa shape index (κ1) is 25.9. The van der Waals surface area contributed by atoms with Crippen molar-refractivity contribution in [2.45, 2.75) is 57.7 Å². The molecule has 0 aliphatic carbocycles. The number of carbonyl (C=O) groups is 3. The summed E-state index contributed by atoms with van der Waals surface area (Å²) in [7, 11) is 0. The van der Waals surface area contributed by atoms with Crippen LogP contribution in [0, 0.1) is 5.92 Å². The van der Waals surface area contributed by atoms with Gasteiger partial charge in [0, 0.05) is 6.54 Å². The number of amides is 2. The van der Waals surface area contributed by atoms with E-state index >= 15 is 0 Å². The number of rotatable bonds is 13. The molecule has 10 heteroatoms. The number of phenols is 1. The Morgan fingerprint density at radius 1 is 1.10 bits per heavy atom. The molecule has 0 aliphatic rings. The second-order valence-corrected chi connectivity index (χ2v) is 7.65. The predicted molar refractivity (Wildman–Crippen MR) is 117 cm³/mol. The van der Waals surface area contributed by atoms with Gasteiger partial charge in [-0.25, -0.2) is 0 Å². The maximum Gasteiger partial charge on any atom is 0.249 e. The first-order valence-corrected chi connectivity index (χ1v) is 10.2. The van der Waals surface area contributed by atoms with Crippen LogP contribution in [0.4, 0.5) is 0 Å². The molecule has 8 N–H and O–H groups in total. The number of aryl methyl sites for hydroxylation is 1. The number of aliphatic hydroxyl groups excluding tert-OH is 1. The second-order valence-electron chi connectivity index (χ2n) is 7.65. The number of nitrogens with zero attached hydrogens (tertiary/aromatic N) is 1. The van der Waals surface area contributed by atoms with Crippen LogP contribution in [0.5, 0.6) is 5.75 Å². The number of phenolic OH excluding ortho intramolecular Hbond substituents is 1. The molecule has 0 aromatic heterocycles. The summed E-state index contributed by atoms with van der Waals surface area (Å²) in [5.74, 6) is -1.34. The molecule has 2 amide bonds. The third-order valence-corrected chi connectivity index (χ3v) is 4.65. The third-order valence-electron chi connectivity index (χ3n) is 4.65. The minimum Gasteiger partial charge on any atom is -0.508 e. The Labute approximate surface area is 182 Å². The van der Waals surface area contributed by atoms with Crippen molar-refractivity contribution in [3.63, 3.8) is 0 Å². The second kappa shape index (κ2) is 13.2. The number of aromatic hydroxyl groups is 1. The molecule has 0 saturated heterocycles. The maximum atomic E-state index is 12.6. The van der Waals surface area contributed by atoms with Crippen molar-refractivity contribution >= 4 is 24.1 Å². The Morgan fingerprint density at radius 2 is 1.74 bits per heavy atom. The minimum absolute atomic E-state index is 0.0433. The molecule has 0 unspecified atom stereocenters. The molecular formula is C21H33N5O5. The molecule has 0 fully saturated rings. The van der Waals surface area contributed by atoms with E-state index in [0.29, 0.717) is 32.1 Å². The summed E-state index contributed by atoms with van der Waals surface area (Å²) in [5, 5.41) is 24.6. The Morgan fingerprint density at radius 3 is 2.29 bits per heavy atom. The van der Waals surface area contributed by atoms with Gasteiger partial charge in [0.2, 0.25) is 11.8 Å². The summed E-state index contributed by atoms with van der Waals surface area (Å²) in [6.45, 7) is 3.84.